The summed E-state index contributed by atoms with van der Waals surface area (Å²) in [4.78, 5) is 0. The van der Waals surface area contributed by atoms with Gasteiger partial charge in [0.15, 0.2) is 11.5 Å². The largest absolute Gasteiger partial charge is 0.502 e. The van der Waals surface area contributed by atoms with Crippen molar-refractivity contribution in [2.24, 2.45) is 0 Å². The third-order valence-corrected chi connectivity index (χ3v) is 2.97. The third-order valence-electron chi connectivity index (χ3n) is 2.97. The number of ether oxygens (including phenoxy) is 3. The lowest BCUT2D eigenvalue weighted by Gasteiger charge is -2.15. The van der Waals surface area contributed by atoms with Crippen molar-refractivity contribution in [2.75, 3.05) is 33.4 Å². The summed E-state index contributed by atoms with van der Waals surface area (Å²) in [5.41, 5.74) is 0.952. The van der Waals surface area contributed by atoms with Gasteiger partial charge in [-0.15, -0.1) is 0 Å². The molecule has 0 heterocycles. The quantitative estimate of drug-likeness (QED) is 0.458. The number of hydrogen-bond donors (Lipinski definition) is 2. The fourth-order valence-electron chi connectivity index (χ4n) is 1.81. The summed E-state index contributed by atoms with van der Waals surface area (Å²) in [6.07, 6.45) is 3.43. The highest BCUT2D eigenvalue weighted by molar-refractivity contribution is 5.54. The molecule has 5 nitrogen and oxygen atoms in total. The SMILES string of the molecule is C=COCCCNCC(O)COc1ccc(C=C)cc1OC. The Balaban J connectivity index is 2.30. The highest BCUT2D eigenvalue weighted by Crippen LogP contribution is 2.28. The molecule has 0 aromatic heterocycles. The van der Waals surface area contributed by atoms with E-state index in [4.69, 9.17) is 14.2 Å². The fraction of sp³-hybridized carbons (Fsp3) is 0.412. The second-order valence-electron chi connectivity index (χ2n) is 4.67. The van der Waals surface area contributed by atoms with Crippen molar-refractivity contribution in [1.82, 2.24) is 5.32 Å². The molecule has 0 bridgehead atoms. The number of hydrogen-bond acceptors (Lipinski definition) is 5. The van der Waals surface area contributed by atoms with Crippen molar-refractivity contribution in [3.05, 3.63) is 43.2 Å². The number of benzene rings is 1. The van der Waals surface area contributed by atoms with E-state index in [0.29, 0.717) is 24.7 Å². The van der Waals surface area contributed by atoms with Gasteiger partial charge in [-0.05, 0) is 30.7 Å². The Morgan fingerprint density at radius 3 is 2.82 bits per heavy atom. The van der Waals surface area contributed by atoms with E-state index in [9.17, 15) is 5.11 Å². The van der Waals surface area contributed by atoms with E-state index in [1.807, 2.05) is 18.2 Å². The first-order valence-corrected chi connectivity index (χ1v) is 7.25. The first-order chi connectivity index (χ1) is 10.7. The summed E-state index contributed by atoms with van der Waals surface area (Å²) in [6, 6.07) is 5.53. The average Bonchev–Trinajstić information content (AvgIpc) is 2.55. The monoisotopic (exact) mass is 307 g/mol. The zero-order valence-corrected chi connectivity index (χ0v) is 13.1. The molecule has 0 aliphatic rings. The molecule has 5 heteroatoms. The summed E-state index contributed by atoms with van der Waals surface area (Å²) in [7, 11) is 1.58. The Morgan fingerprint density at radius 1 is 1.32 bits per heavy atom. The van der Waals surface area contributed by atoms with E-state index in [-0.39, 0.29) is 6.61 Å². The highest BCUT2D eigenvalue weighted by Gasteiger charge is 2.09. The van der Waals surface area contributed by atoms with Crippen LogP contribution in [0.2, 0.25) is 0 Å². The van der Waals surface area contributed by atoms with Gasteiger partial charge in [-0.3, -0.25) is 0 Å². The van der Waals surface area contributed by atoms with Gasteiger partial charge in [0, 0.05) is 6.54 Å². The zero-order valence-electron chi connectivity index (χ0n) is 13.1. The van der Waals surface area contributed by atoms with E-state index < -0.39 is 6.10 Å². The predicted octanol–water partition coefficient (Wildman–Crippen LogP) is 2.22. The second kappa shape index (κ2) is 10.7. The summed E-state index contributed by atoms with van der Waals surface area (Å²) in [5, 5.41) is 13.0. The highest BCUT2D eigenvalue weighted by atomic mass is 16.5. The van der Waals surface area contributed by atoms with Crippen LogP contribution >= 0.6 is 0 Å². The Kier molecular flexibility index (Phi) is 8.79. The molecule has 2 N–H and O–H groups in total. The smallest absolute Gasteiger partial charge is 0.161 e. The van der Waals surface area contributed by atoms with Gasteiger partial charge in [0.25, 0.3) is 0 Å². The second-order valence-corrected chi connectivity index (χ2v) is 4.67. The van der Waals surface area contributed by atoms with Crippen LogP contribution in [0.25, 0.3) is 6.08 Å². The van der Waals surface area contributed by atoms with Crippen LogP contribution in [0.5, 0.6) is 11.5 Å². The summed E-state index contributed by atoms with van der Waals surface area (Å²) >= 11 is 0. The van der Waals surface area contributed by atoms with Crippen molar-refractivity contribution < 1.29 is 19.3 Å². The van der Waals surface area contributed by atoms with Crippen molar-refractivity contribution in [2.45, 2.75) is 12.5 Å². The maximum absolute atomic E-state index is 9.89. The standard InChI is InChI=1S/C17H25NO4/c1-4-14-7-8-16(17(11-14)20-3)22-13-15(19)12-18-9-6-10-21-5-2/h4-5,7-8,11,15,18-19H,1-2,6,9-10,12-13H2,3H3. The molecule has 0 radical (unpaired) electrons. The Hall–Kier alpha value is -1.98. The molecular weight excluding hydrogens is 282 g/mol. The zero-order chi connectivity index (χ0) is 16.2. The molecule has 0 saturated carbocycles. The molecule has 22 heavy (non-hydrogen) atoms. The van der Waals surface area contributed by atoms with E-state index in [1.165, 1.54) is 6.26 Å². The molecule has 1 rings (SSSR count). The molecule has 1 aromatic rings. The average molecular weight is 307 g/mol. The molecule has 0 aliphatic carbocycles. The van der Waals surface area contributed by atoms with Gasteiger partial charge >= 0.3 is 0 Å². The molecule has 1 aromatic carbocycles. The Morgan fingerprint density at radius 2 is 2.14 bits per heavy atom. The van der Waals surface area contributed by atoms with Crippen molar-refractivity contribution >= 4 is 6.08 Å². The maximum atomic E-state index is 9.89. The van der Waals surface area contributed by atoms with Crippen LogP contribution in [0.1, 0.15) is 12.0 Å². The van der Waals surface area contributed by atoms with Crippen LogP contribution in [-0.2, 0) is 4.74 Å². The minimum absolute atomic E-state index is 0.194. The Labute approximate surface area is 132 Å². The Bertz CT molecular complexity index is 462. The van der Waals surface area contributed by atoms with Crippen molar-refractivity contribution in [3.63, 3.8) is 0 Å². The van der Waals surface area contributed by atoms with E-state index >= 15 is 0 Å². The first-order valence-electron chi connectivity index (χ1n) is 7.25. The van der Waals surface area contributed by atoms with Crippen LogP contribution in [0.4, 0.5) is 0 Å². The number of nitrogens with one attached hydrogen (secondary N) is 1. The molecule has 0 aliphatic heterocycles. The minimum Gasteiger partial charge on any atom is -0.502 e. The molecule has 0 spiro atoms. The van der Waals surface area contributed by atoms with Crippen LogP contribution in [-0.4, -0.2) is 44.6 Å². The maximum Gasteiger partial charge on any atom is 0.161 e. The van der Waals surface area contributed by atoms with Gasteiger partial charge in [0.1, 0.15) is 12.7 Å². The van der Waals surface area contributed by atoms with Crippen LogP contribution in [0.3, 0.4) is 0 Å². The molecule has 1 atom stereocenters. The van der Waals surface area contributed by atoms with Gasteiger partial charge in [-0.1, -0.05) is 25.3 Å². The fourth-order valence-corrected chi connectivity index (χ4v) is 1.81. The molecule has 0 fully saturated rings. The normalized spacial score (nSPS) is 11.5. The number of methoxy groups -OCH3 is 1. The van der Waals surface area contributed by atoms with E-state index in [1.54, 1.807) is 13.2 Å². The lowest BCUT2D eigenvalue weighted by Crippen LogP contribution is -2.32. The number of aliphatic hydroxyl groups excluding tert-OH is 1. The topological polar surface area (TPSA) is 60.0 Å². The van der Waals surface area contributed by atoms with E-state index in [2.05, 4.69) is 18.5 Å². The van der Waals surface area contributed by atoms with Crippen LogP contribution < -0.4 is 14.8 Å². The number of aliphatic hydroxyl groups is 1. The predicted molar refractivity (Wildman–Crippen MR) is 88.2 cm³/mol. The number of rotatable bonds is 12. The van der Waals surface area contributed by atoms with Gasteiger partial charge in [-0.2, -0.15) is 0 Å². The molecular formula is C17H25NO4. The van der Waals surface area contributed by atoms with Gasteiger partial charge < -0.3 is 24.6 Å². The van der Waals surface area contributed by atoms with Crippen LogP contribution in [0.15, 0.2) is 37.6 Å². The third kappa shape index (κ3) is 6.65. The van der Waals surface area contributed by atoms with E-state index in [0.717, 1.165) is 18.5 Å². The lowest BCUT2D eigenvalue weighted by molar-refractivity contribution is 0.104. The molecule has 0 amide bonds. The summed E-state index contributed by atoms with van der Waals surface area (Å²) < 4.78 is 15.9. The molecule has 1 unspecified atom stereocenters. The van der Waals surface area contributed by atoms with Crippen molar-refractivity contribution in [1.29, 1.82) is 0 Å². The van der Waals surface area contributed by atoms with Gasteiger partial charge in [0.2, 0.25) is 0 Å². The molecule has 122 valence electrons. The minimum atomic E-state index is -0.593. The summed E-state index contributed by atoms with van der Waals surface area (Å²) in [5.74, 6) is 1.23. The first kappa shape index (κ1) is 18.1. The molecule has 0 saturated heterocycles. The van der Waals surface area contributed by atoms with Crippen molar-refractivity contribution in [3.8, 4) is 11.5 Å². The summed E-state index contributed by atoms with van der Waals surface area (Å²) in [6.45, 7) is 9.22. The lowest BCUT2D eigenvalue weighted by atomic mass is 10.2. The van der Waals surface area contributed by atoms with Gasteiger partial charge in [0.05, 0.1) is 20.0 Å². The van der Waals surface area contributed by atoms with Crippen LogP contribution in [0, 0.1) is 0 Å². The van der Waals surface area contributed by atoms with Gasteiger partial charge in [-0.25, -0.2) is 0 Å².